The Labute approximate surface area is 162 Å². The second kappa shape index (κ2) is 8.85. The third-order valence-corrected chi connectivity index (χ3v) is 5.62. The van der Waals surface area contributed by atoms with Crippen LogP contribution >= 0.6 is 0 Å². The lowest BCUT2D eigenvalue weighted by Crippen LogP contribution is -2.49. The topological polar surface area (TPSA) is 53.1 Å². The summed E-state index contributed by atoms with van der Waals surface area (Å²) in [7, 11) is 3.88. The van der Waals surface area contributed by atoms with E-state index in [0.717, 1.165) is 18.4 Å². The Bertz CT molecular complexity index is 645. The van der Waals surface area contributed by atoms with Gasteiger partial charge < -0.3 is 14.5 Å². The number of rotatable bonds is 4. The summed E-state index contributed by atoms with van der Waals surface area (Å²) in [6.45, 7) is 5.98. The summed E-state index contributed by atoms with van der Waals surface area (Å²) in [5.74, 6) is 0.388. The molecular formula is C21H31N3O3. The maximum atomic E-state index is 13.2. The maximum absolute atomic E-state index is 13.2. The molecule has 2 fully saturated rings. The summed E-state index contributed by atoms with van der Waals surface area (Å²) < 4.78 is 5.33. The van der Waals surface area contributed by atoms with Crippen LogP contribution in [-0.2, 0) is 14.3 Å². The van der Waals surface area contributed by atoms with E-state index < -0.39 is 0 Å². The highest BCUT2D eigenvalue weighted by Gasteiger charge is 2.34. The van der Waals surface area contributed by atoms with Crippen LogP contribution in [0.15, 0.2) is 24.3 Å². The van der Waals surface area contributed by atoms with Crippen molar-refractivity contribution in [2.45, 2.75) is 25.8 Å². The van der Waals surface area contributed by atoms with E-state index in [0.29, 0.717) is 39.4 Å². The van der Waals surface area contributed by atoms with Gasteiger partial charge in [-0.1, -0.05) is 29.8 Å². The molecule has 6 nitrogen and oxygen atoms in total. The molecule has 0 bridgehead atoms. The minimum absolute atomic E-state index is 0.0318. The van der Waals surface area contributed by atoms with E-state index in [-0.39, 0.29) is 23.8 Å². The summed E-state index contributed by atoms with van der Waals surface area (Å²) in [6.07, 6.45) is 1.49. The molecule has 2 amide bonds. The van der Waals surface area contributed by atoms with Crippen LogP contribution in [0.3, 0.4) is 0 Å². The van der Waals surface area contributed by atoms with Gasteiger partial charge in [0.2, 0.25) is 11.8 Å². The minimum Gasteiger partial charge on any atom is -0.378 e. The second-order valence-corrected chi connectivity index (χ2v) is 7.81. The third-order valence-electron chi connectivity index (χ3n) is 5.62. The van der Waals surface area contributed by atoms with Crippen molar-refractivity contribution in [2.75, 3.05) is 53.5 Å². The lowest BCUT2D eigenvalue weighted by molar-refractivity contribution is -0.145. The number of amides is 2. The first-order valence-electron chi connectivity index (χ1n) is 9.85. The van der Waals surface area contributed by atoms with Crippen LogP contribution in [0.1, 0.15) is 30.0 Å². The van der Waals surface area contributed by atoms with Crippen LogP contribution in [0.4, 0.5) is 0 Å². The van der Waals surface area contributed by atoms with E-state index in [9.17, 15) is 9.59 Å². The quantitative estimate of drug-likeness (QED) is 0.806. The molecule has 2 aliphatic heterocycles. The van der Waals surface area contributed by atoms with Crippen molar-refractivity contribution < 1.29 is 14.3 Å². The van der Waals surface area contributed by atoms with Gasteiger partial charge >= 0.3 is 0 Å². The van der Waals surface area contributed by atoms with Gasteiger partial charge in [0.05, 0.1) is 13.2 Å². The maximum Gasteiger partial charge on any atom is 0.244 e. The molecule has 0 aromatic heterocycles. The predicted molar refractivity (Wildman–Crippen MR) is 104 cm³/mol. The average molecular weight is 373 g/mol. The lowest BCUT2D eigenvalue weighted by Gasteiger charge is -2.37. The normalized spacial score (nSPS) is 20.0. The summed E-state index contributed by atoms with van der Waals surface area (Å²) in [5, 5.41) is 0. The van der Waals surface area contributed by atoms with E-state index in [1.165, 1.54) is 5.56 Å². The van der Waals surface area contributed by atoms with Crippen molar-refractivity contribution in [3.05, 3.63) is 35.4 Å². The molecule has 0 saturated carbocycles. The predicted octanol–water partition coefficient (Wildman–Crippen LogP) is 1.70. The fourth-order valence-electron chi connectivity index (χ4n) is 3.97. The van der Waals surface area contributed by atoms with Crippen molar-refractivity contribution in [1.29, 1.82) is 0 Å². The number of nitrogens with zero attached hydrogens (tertiary/aromatic N) is 3. The van der Waals surface area contributed by atoms with Crippen LogP contribution in [-0.4, -0.2) is 80.0 Å². The number of aryl methyl sites for hydroxylation is 1. The Balaban J connectivity index is 1.61. The van der Waals surface area contributed by atoms with Crippen LogP contribution in [0.2, 0.25) is 0 Å². The zero-order valence-electron chi connectivity index (χ0n) is 16.7. The largest absolute Gasteiger partial charge is 0.378 e. The van der Waals surface area contributed by atoms with E-state index in [2.05, 4.69) is 0 Å². The molecule has 27 heavy (non-hydrogen) atoms. The van der Waals surface area contributed by atoms with Crippen molar-refractivity contribution in [3.8, 4) is 0 Å². The number of carbonyl (C=O) groups excluding carboxylic acids is 2. The first-order valence-corrected chi connectivity index (χ1v) is 9.85. The number of benzene rings is 1. The summed E-state index contributed by atoms with van der Waals surface area (Å²) in [4.78, 5) is 31.7. The highest BCUT2D eigenvalue weighted by Crippen LogP contribution is 2.26. The SMILES string of the molecule is Cc1ccc(C(C(=O)N2CCC(C(=O)N3CCOCC3)CC2)N(C)C)cc1. The molecule has 148 valence electrons. The van der Waals surface area contributed by atoms with Crippen LogP contribution in [0.25, 0.3) is 0 Å². The van der Waals surface area contributed by atoms with Crippen molar-refractivity contribution >= 4 is 11.8 Å². The molecule has 0 radical (unpaired) electrons. The number of morpholine rings is 1. The van der Waals surface area contributed by atoms with Crippen molar-refractivity contribution in [2.24, 2.45) is 5.92 Å². The molecule has 0 spiro atoms. The van der Waals surface area contributed by atoms with E-state index in [1.807, 2.05) is 60.0 Å². The summed E-state index contributed by atoms with van der Waals surface area (Å²) in [5.41, 5.74) is 2.20. The highest BCUT2D eigenvalue weighted by atomic mass is 16.5. The number of hydrogen-bond acceptors (Lipinski definition) is 4. The number of likely N-dealkylation sites (tertiary alicyclic amines) is 1. The Hall–Kier alpha value is -1.92. The van der Waals surface area contributed by atoms with Gasteiger partial charge in [0.1, 0.15) is 6.04 Å². The number of carbonyl (C=O) groups is 2. The van der Waals surface area contributed by atoms with E-state index >= 15 is 0 Å². The van der Waals surface area contributed by atoms with Gasteiger partial charge in [0.15, 0.2) is 0 Å². The molecule has 3 rings (SSSR count). The zero-order chi connectivity index (χ0) is 19.4. The Morgan fingerprint density at radius 2 is 1.59 bits per heavy atom. The van der Waals surface area contributed by atoms with Gasteiger partial charge in [0, 0.05) is 32.1 Å². The molecule has 1 unspecified atom stereocenters. The average Bonchev–Trinajstić information content (AvgIpc) is 2.69. The fourth-order valence-corrected chi connectivity index (χ4v) is 3.97. The number of piperidine rings is 1. The van der Waals surface area contributed by atoms with Gasteiger partial charge in [-0.2, -0.15) is 0 Å². The van der Waals surface area contributed by atoms with Gasteiger partial charge in [-0.05, 0) is 39.4 Å². The zero-order valence-corrected chi connectivity index (χ0v) is 16.7. The summed E-state index contributed by atoms with van der Waals surface area (Å²) in [6, 6.07) is 7.88. The third kappa shape index (κ3) is 4.68. The molecule has 6 heteroatoms. The first-order chi connectivity index (χ1) is 13.0. The molecule has 1 aromatic rings. The Morgan fingerprint density at radius 1 is 1.00 bits per heavy atom. The molecular weight excluding hydrogens is 342 g/mol. The van der Waals surface area contributed by atoms with E-state index in [1.54, 1.807) is 0 Å². The minimum atomic E-state index is -0.280. The fraction of sp³-hybridized carbons (Fsp3) is 0.619. The Kier molecular flexibility index (Phi) is 6.50. The molecule has 2 aliphatic rings. The first kappa shape index (κ1) is 19.8. The smallest absolute Gasteiger partial charge is 0.244 e. The van der Waals surface area contributed by atoms with Crippen molar-refractivity contribution in [1.82, 2.24) is 14.7 Å². The Morgan fingerprint density at radius 3 is 2.15 bits per heavy atom. The van der Waals surface area contributed by atoms with Crippen LogP contribution in [0, 0.1) is 12.8 Å². The molecule has 2 saturated heterocycles. The lowest BCUT2D eigenvalue weighted by atomic mass is 9.94. The second-order valence-electron chi connectivity index (χ2n) is 7.81. The van der Waals surface area contributed by atoms with Crippen LogP contribution in [0.5, 0.6) is 0 Å². The standard InChI is InChI=1S/C21H31N3O3/c1-16-4-6-17(7-5-16)19(22(2)3)21(26)23-10-8-18(9-11-23)20(25)24-12-14-27-15-13-24/h4-7,18-19H,8-15H2,1-3H3. The van der Waals surface area contributed by atoms with E-state index in [4.69, 9.17) is 4.74 Å². The van der Waals surface area contributed by atoms with Gasteiger partial charge in [0.25, 0.3) is 0 Å². The molecule has 1 aromatic carbocycles. The van der Waals surface area contributed by atoms with Gasteiger partial charge in [-0.15, -0.1) is 0 Å². The number of ether oxygens (including phenoxy) is 1. The molecule has 2 heterocycles. The molecule has 0 N–H and O–H groups in total. The number of likely N-dealkylation sites (N-methyl/N-ethyl adjacent to an activating group) is 1. The van der Waals surface area contributed by atoms with Gasteiger partial charge in [-0.3, -0.25) is 14.5 Å². The molecule has 1 atom stereocenters. The summed E-state index contributed by atoms with van der Waals surface area (Å²) >= 11 is 0. The number of hydrogen-bond donors (Lipinski definition) is 0. The highest BCUT2D eigenvalue weighted by molar-refractivity contribution is 5.84. The molecule has 0 aliphatic carbocycles. The van der Waals surface area contributed by atoms with Crippen molar-refractivity contribution in [3.63, 3.8) is 0 Å². The monoisotopic (exact) mass is 373 g/mol. The van der Waals surface area contributed by atoms with Crippen LogP contribution < -0.4 is 0 Å². The van der Waals surface area contributed by atoms with Gasteiger partial charge in [-0.25, -0.2) is 0 Å².